The highest BCUT2D eigenvalue weighted by Crippen LogP contribution is 2.36. The zero-order valence-electron chi connectivity index (χ0n) is 25.9. The highest BCUT2D eigenvalue weighted by atomic mass is 79.9. The molecule has 4 aromatic rings. The van der Waals surface area contributed by atoms with E-state index >= 15 is 0 Å². The number of aryl methyl sites for hydroxylation is 1. The fourth-order valence-electron chi connectivity index (χ4n) is 5.79. The number of hydrogen-bond donors (Lipinski definition) is 1. The average molecular weight is 758 g/mol. The quantitative estimate of drug-likeness (QED) is 0.159. The number of carbonyl (C=O) groups is 2. The Hall–Kier alpha value is -3.37. The summed E-state index contributed by atoms with van der Waals surface area (Å²) >= 11 is 16.5. The van der Waals surface area contributed by atoms with E-state index in [1.54, 1.807) is 24.3 Å². The van der Waals surface area contributed by atoms with Crippen LogP contribution in [0.2, 0.25) is 10.0 Å². The molecule has 1 N–H and O–H groups in total. The van der Waals surface area contributed by atoms with Crippen LogP contribution in [0.4, 0.5) is 5.69 Å². The van der Waals surface area contributed by atoms with Crippen molar-refractivity contribution in [3.8, 4) is 0 Å². The van der Waals surface area contributed by atoms with Crippen LogP contribution in [0, 0.1) is 6.92 Å². The fraction of sp³-hybridized carbons (Fsp3) is 0.278. The molecule has 0 saturated heterocycles. The average Bonchev–Trinajstić information content (AvgIpc) is 3.56. The van der Waals surface area contributed by atoms with Crippen LogP contribution in [0.15, 0.2) is 106 Å². The maximum atomic E-state index is 14.7. The first kappa shape index (κ1) is 35.0. The van der Waals surface area contributed by atoms with Crippen molar-refractivity contribution in [3.63, 3.8) is 0 Å². The van der Waals surface area contributed by atoms with E-state index in [1.165, 1.54) is 23.1 Å². The van der Waals surface area contributed by atoms with Gasteiger partial charge in [-0.25, -0.2) is 8.42 Å². The molecule has 0 aliphatic heterocycles. The minimum Gasteiger partial charge on any atom is -0.352 e. The minimum atomic E-state index is -4.31. The van der Waals surface area contributed by atoms with Crippen molar-refractivity contribution in [2.75, 3.05) is 10.8 Å². The monoisotopic (exact) mass is 755 g/mol. The van der Waals surface area contributed by atoms with Crippen LogP contribution >= 0.6 is 39.1 Å². The first-order valence-corrected chi connectivity index (χ1v) is 18.4. The SMILES string of the molecule is Cc1ccc(S(=O)(=O)N(CC(=O)N(Cc2cccc(Br)c2)C(Cc2ccccc2)C(=O)NC2CCCC2)c2cccc(Cl)c2Cl)cc1. The van der Waals surface area contributed by atoms with E-state index in [2.05, 4.69) is 21.2 Å². The first-order chi connectivity index (χ1) is 22.5. The van der Waals surface area contributed by atoms with E-state index in [4.69, 9.17) is 23.2 Å². The number of nitrogens with one attached hydrogen (secondary N) is 1. The molecule has 0 heterocycles. The van der Waals surface area contributed by atoms with Gasteiger partial charge >= 0.3 is 0 Å². The lowest BCUT2D eigenvalue weighted by Crippen LogP contribution is -2.54. The molecule has 1 aliphatic rings. The van der Waals surface area contributed by atoms with Crippen LogP contribution in [-0.4, -0.2) is 43.8 Å². The summed E-state index contributed by atoms with van der Waals surface area (Å²) in [5.41, 5.74) is 2.58. The van der Waals surface area contributed by atoms with E-state index in [9.17, 15) is 18.0 Å². The van der Waals surface area contributed by atoms with Crippen molar-refractivity contribution in [1.29, 1.82) is 0 Å². The lowest BCUT2D eigenvalue weighted by Gasteiger charge is -2.34. The van der Waals surface area contributed by atoms with Crippen molar-refractivity contribution in [1.82, 2.24) is 10.2 Å². The lowest BCUT2D eigenvalue weighted by atomic mass is 10.0. The van der Waals surface area contributed by atoms with Gasteiger partial charge in [-0.05, 0) is 67.3 Å². The van der Waals surface area contributed by atoms with Gasteiger partial charge < -0.3 is 10.2 Å². The van der Waals surface area contributed by atoms with Crippen LogP contribution in [0.5, 0.6) is 0 Å². The molecule has 0 radical (unpaired) electrons. The Bertz CT molecular complexity index is 1820. The molecule has 2 amide bonds. The minimum absolute atomic E-state index is 0.00370. The molecule has 0 aromatic heterocycles. The van der Waals surface area contributed by atoms with E-state index in [0.717, 1.165) is 51.2 Å². The molecule has 4 aromatic carbocycles. The number of sulfonamides is 1. The Morgan fingerprint density at radius 3 is 2.23 bits per heavy atom. The Morgan fingerprint density at radius 1 is 0.894 bits per heavy atom. The summed E-state index contributed by atoms with van der Waals surface area (Å²) in [7, 11) is -4.31. The molecule has 246 valence electrons. The summed E-state index contributed by atoms with van der Waals surface area (Å²) in [4.78, 5) is 30.3. The van der Waals surface area contributed by atoms with Gasteiger partial charge in [-0.15, -0.1) is 0 Å². The highest BCUT2D eigenvalue weighted by molar-refractivity contribution is 9.10. The Labute approximate surface area is 295 Å². The van der Waals surface area contributed by atoms with E-state index in [-0.39, 0.29) is 45.5 Å². The maximum absolute atomic E-state index is 14.7. The molecule has 1 aliphatic carbocycles. The van der Waals surface area contributed by atoms with Gasteiger partial charge in [0.2, 0.25) is 11.8 Å². The number of amides is 2. The van der Waals surface area contributed by atoms with Crippen LogP contribution in [-0.2, 0) is 32.6 Å². The molecular weight excluding hydrogens is 721 g/mol. The predicted octanol–water partition coefficient (Wildman–Crippen LogP) is 7.96. The number of rotatable bonds is 12. The first-order valence-electron chi connectivity index (χ1n) is 15.4. The topological polar surface area (TPSA) is 86.8 Å². The van der Waals surface area contributed by atoms with Crippen LogP contribution < -0.4 is 9.62 Å². The third kappa shape index (κ3) is 8.76. The van der Waals surface area contributed by atoms with E-state index < -0.39 is 28.5 Å². The van der Waals surface area contributed by atoms with Crippen molar-refractivity contribution in [2.45, 2.75) is 62.6 Å². The van der Waals surface area contributed by atoms with Gasteiger partial charge in [-0.1, -0.05) is 118 Å². The molecule has 0 spiro atoms. The fourth-order valence-corrected chi connectivity index (χ4v) is 8.11. The number of anilines is 1. The normalized spacial score (nSPS) is 14.0. The predicted molar refractivity (Wildman–Crippen MR) is 191 cm³/mol. The van der Waals surface area contributed by atoms with Crippen molar-refractivity contribution in [2.24, 2.45) is 0 Å². The summed E-state index contributed by atoms with van der Waals surface area (Å²) in [6.45, 7) is 1.30. The smallest absolute Gasteiger partial charge is 0.264 e. The second kappa shape index (κ2) is 15.7. The van der Waals surface area contributed by atoms with Crippen molar-refractivity contribution < 1.29 is 18.0 Å². The van der Waals surface area contributed by atoms with E-state index in [0.29, 0.717) is 0 Å². The Kier molecular flexibility index (Phi) is 11.7. The molecule has 11 heteroatoms. The maximum Gasteiger partial charge on any atom is 0.264 e. The molecule has 1 fully saturated rings. The van der Waals surface area contributed by atoms with Crippen molar-refractivity contribution in [3.05, 3.63) is 128 Å². The van der Waals surface area contributed by atoms with E-state index in [1.807, 2.05) is 61.5 Å². The van der Waals surface area contributed by atoms with Gasteiger partial charge in [-0.3, -0.25) is 13.9 Å². The summed E-state index contributed by atoms with van der Waals surface area (Å²) in [5, 5.41) is 3.32. The third-order valence-corrected chi connectivity index (χ3v) is 11.4. The largest absolute Gasteiger partial charge is 0.352 e. The highest BCUT2D eigenvalue weighted by Gasteiger charge is 2.36. The second-order valence-electron chi connectivity index (χ2n) is 11.7. The van der Waals surface area contributed by atoms with Gasteiger partial charge in [0.25, 0.3) is 10.0 Å². The van der Waals surface area contributed by atoms with Crippen molar-refractivity contribution >= 4 is 66.7 Å². The molecule has 47 heavy (non-hydrogen) atoms. The molecule has 5 rings (SSSR count). The summed E-state index contributed by atoms with van der Waals surface area (Å²) in [6, 6.07) is 27.1. The van der Waals surface area contributed by atoms with Gasteiger partial charge in [0.1, 0.15) is 12.6 Å². The summed E-state index contributed by atoms with van der Waals surface area (Å²) < 4.78 is 30.3. The van der Waals surface area contributed by atoms with Gasteiger partial charge in [-0.2, -0.15) is 0 Å². The number of carbonyl (C=O) groups excluding carboxylic acids is 2. The zero-order chi connectivity index (χ0) is 33.6. The Morgan fingerprint density at radius 2 is 1.55 bits per heavy atom. The molecular formula is C36H36BrCl2N3O4S. The Balaban J connectivity index is 1.59. The van der Waals surface area contributed by atoms with Gasteiger partial charge in [0.15, 0.2) is 0 Å². The second-order valence-corrected chi connectivity index (χ2v) is 15.3. The third-order valence-electron chi connectivity index (χ3n) is 8.30. The number of hydrogen-bond acceptors (Lipinski definition) is 4. The molecule has 1 atom stereocenters. The molecule has 0 bridgehead atoms. The molecule has 1 saturated carbocycles. The standard InChI is InChI=1S/C36H36BrCl2N3O4S/c1-25-17-19-30(20-18-25)47(45,46)42(32-16-8-15-31(38)35(32)39)24-34(43)41(23-27-11-7-12-28(37)21-27)33(22-26-9-3-2-4-10-26)36(44)40-29-13-5-6-14-29/h2-4,7-12,15-21,29,33H,5-6,13-14,22-24H2,1H3,(H,40,44). The number of halogens is 3. The molecule has 7 nitrogen and oxygen atoms in total. The summed E-state index contributed by atoms with van der Waals surface area (Å²) in [6.07, 6.45) is 4.04. The van der Waals surface area contributed by atoms with Crippen LogP contribution in [0.1, 0.15) is 42.4 Å². The zero-order valence-corrected chi connectivity index (χ0v) is 29.8. The van der Waals surface area contributed by atoms with Gasteiger partial charge in [0.05, 0.1) is 20.6 Å². The number of benzene rings is 4. The summed E-state index contributed by atoms with van der Waals surface area (Å²) in [5.74, 6) is -0.850. The lowest BCUT2D eigenvalue weighted by molar-refractivity contribution is -0.140. The number of nitrogens with zero attached hydrogens (tertiary/aromatic N) is 2. The van der Waals surface area contributed by atoms with Crippen LogP contribution in [0.25, 0.3) is 0 Å². The molecule has 1 unspecified atom stereocenters. The van der Waals surface area contributed by atoms with Crippen LogP contribution in [0.3, 0.4) is 0 Å². The van der Waals surface area contributed by atoms with Gasteiger partial charge in [0, 0.05) is 23.5 Å².